The normalized spacial score (nSPS) is 26.7. The quantitative estimate of drug-likeness (QED) is 0.520. The number of hydrogen-bond donors (Lipinski definition) is 1. The lowest BCUT2D eigenvalue weighted by atomic mass is 9.70. The van der Waals surface area contributed by atoms with Gasteiger partial charge in [0.1, 0.15) is 11.5 Å². The van der Waals surface area contributed by atoms with Gasteiger partial charge in [-0.1, -0.05) is 53.9 Å². The fraction of sp³-hybridized carbons (Fsp3) is 0.360. The number of hydrogen-bond acceptors (Lipinski definition) is 3. The van der Waals surface area contributed by atoms with Gasteiger partial charge in [-0.3, -0.25) is 9.80 Å². The van der Waals surface area contributed by atoms with E-state index in [2.05, 4.69) is 17.5 Å². The summed E-state index contributed by atoms with van der Waals surface area (Å²) in [5, 5.41) is 10.7. The molecule has 2 aromatic carbocycles. The second-order valence-electron chi connectivity index (χ2n) is 8.98. The highest BCUT2D eigenvalue weighted by Crippen LogP contribution is 2.41. The molecule has 0 radical (unpaired) electrons. The molecular weight excluding hydrogens is 448 g/mol. The van der Waals surface area contributed by atoms with E-state index >= 15 is 0 Å². The minimum absolute atomic E-state index is 0.138. The van der Waals surface area contributed by atoms with Crippen LogP contribution in [0.25, 0.3) is 0 Å². The summed E-state index contributed by atoms with van der Waals surface area (Å²) in [5.41, 5.74) is 1.79. The van der Waals surface area contributed by atoms with Gasteiger partial charge in [-0.15, -0.1) is 0 Å². The molecule has 5 rings (SSSR count). The van der Waals surface area contributed by atoms with Gasteiger partial charge in [-0.2, -0.15) is 5.10 Å². The summed E-state index contributed by atoms with van der Waals surface area (Å²) in [6.45, 7) is 0. The first-order chi connectivity index (χ1) is 15.4. The largest absolute Gasteiger partial charge is 0.345 e. The first-order valence-corrected chi connectivity index (χ1v) is 11.7. The summed E-state index contributed by atoms with van der Waals surface area (Å²) in [6.07, 6.45) is 10.0. The van der Waals surface area contributed by atoms with Crippen LogP contribution in [0.15, 0.2) is 59.7 Å². The molecule has 1 aliphatic heterocycles. The Morgan fingerprint density at radius 2 is 2.00 bits per heavy atom. The van der Waals surface area contributed by atoms with Crippen molar-refractivity contribution in [2.75, 3.05) is 5.01 Å². The maximum atomic E-state index is 13.5. The van der Waals surface area contributed by atoms with E-state index in [0.29, 0.717) is 33.8 Å². The Kier molecular flexibility index (Phi) is 5.72. The van der Waals surface area contributed by atoms with Crippen molar-refractivity contribution in [2.24, 2.45) is 11.0 Å². The van der Waals surface area contributed by atoms with Crippen molar-refractivity contribution >= 4 is 40.5 Å². The van der Waals surface area contributed by atoms with Gasteiger partial charge in [0, 0.05) is 17.0 Å². The van der Waals surface area contributed by atoms with Crippen LogP contribution in [0.1, 0.15) is 50.1 Å². The highest BCUT2D eigenvalue weighted by Gasteiger charge is 2.41. The Morgan fingerprint density at radius 1 is 1.19 bits per heavy atom. The van der Waals surface area contributed by atoms with Crippen molar-refractivity contribution in [1.29, 1.82) is 0 Å². The van der Waals surface area contributed by atoms with Crippen LogP contribution in [0, 0.1) is 11.7 Å². The zero-order valence-corrected chi connectivity index (χ0v) is 19.0. The zero-order chi connectivity index (χ0) is 22.3. The van der Waals surface area contributed by atoms with E-state index in [4.69, 9.17) is 28.3 Å². The molecular formula is C25H24Cl2FN3O. The lowest BCUT2D eigenvalue weighted by molar-refractivity contribution is -0.117. The van der Waals surface area contributed by atoms with Gasteiger partial charge in [0.05, 0.1) is 16.8 Å². The molecule has 0 saturated heterocycles. The molecule has 0 aromatic heterocycles. The van der Waals surface area contributed by atoms with Gasteiger partial charge in [0.15, 0.2) is 0 Å². The molecule has 32 heavy (non-hydrogen) atoms. The van der Waals surface area contributed by atoms with Crippen LogP contribution in [-0.2, 0) is 4.79 Å². The van der Waals surface area contributed by atoms with Crippen molar-refractivity contribution in [2.45, 2.75) is 50.1 Å². The number of fused-ring (bicyclic) bond motifs is 2. The highest BCUT2D eigenvalue weighted by atomic mass is 35.5. The Balaban J connectivity index is 1.45. The number of halogens is 3. The number of amides is 1. The summed E-state index contributed by atoms with van der Waals surface area (Å²) in [6, 6.07) is 11.2. The maximum absolute atomic E-state index is 13.5. The van der Waals surface area contributed by atoms with Crippen molar-refractivity contribution in [3.05, 3.63) is 76.0 Å². The average Bonchev–Trinajstić information content (AvgIpc) is 3.19. The third kappa shape index (κ3) is 4.16. The molecule has 1 heterocycles. The number of hydrazone groups is 1. The molecule has 1 N–H and O–H groups in total. The van der Waals surface area contributed by atoms with Crippen LogP contribution in [0.2, 0.25) is 10.0 Å². The van der Waals surface area contributed by atoms with E-state index in [1.165, 1.54) is 18.6 Å². The first kappa shape index (κ1) is 21.5. The molecule has 2 aliphatic carbocycles. The number of rotatable bonds is 4. The van der Waals surface area contributed by atoms with E-state index in [1.54, 1.807) is 35.3 Å². The van der Waals surface area contributed by atoms with E-state index in [-0.39, 0.29) is 23.3 Å². The number of allylic oxidation sites excluding steroid dienone is 1. The molecule has 1 saturated carbocycles. The fourth-order valence-corrected chi connectivity index (χ4v) is 5.70. The molecule has 3 unspecified atom stereocenters. The number of carbonyl (C=O) groups excluding carboxylic acids is 1. The minimum atomic E-state index is -0.307. The molecule has 3 atom stereocenters. The Bertz CT molecular complexity index is 1100. The zero-order valence-electron chi connectivity index (χ0n) is 17.5. The van der Waals surface area contributed by atoms with Crippen molar-refractivity contribution in [3.8, 4) is 0 Å². The summed E-state index contributed by atoms with van der Waals surface area (Å²) in [7, 11) is 0. The SMILES string of the molecule is O=C(NC12CC=CC(CCC1)C2)C1=NN(c2ccc(Cl)cc2Cl)C(c2ccc(F)cc2)C1. The van der Waals surface area contributed by atoms with Crippen LogP contribution in [0.5, 0.6) is 0 Å². The molecule has 0 spiro atoms. The fourth-order valence-electron chi connectivity index (χ4n) is 5.20. The van der Waals surface area contributed by atoms with Crippen molar-refractivity contribution in [3.63, 3.8) is 0 Å². The van der Waals surface area contributed by atoms with Crippen LogP contribution >= 0.6 is 23.2 Å². The molecule has 1 fully saturated rings. The Labute approximate surface area is 197 Å². The van der Waals surface area contributed by atoms with E-state index < -0.39 is 0 Å². The summed E-state index contributed by atoms with van der Waals surface area (Å²) < 4.78 is 13.5. The molecule has 3 aliphatic rings. The third-order valence-corrected chi connectivity index (χ3v) is 7.30. The lowest BCUT2D eigenvalue weighted by Crippen LogP contribution is -2.53. The summed E-state index contributed by atoms with van der Waals surface area (Å²) in [5.74, 6) is 0.0957. The predicted octanol–water partition coefficient (Wildman–Crippen LogP) is 6.45. The van der Waals surface area contributed by atoms with Crippen LogP contribution < -0.4 is 10.3 Å². The predicted molar refractivity (Wildman–Crippen MR) is 127 cm³/mol. The standard InChI is InChI=1S/C25H24Cl2FN3O/c26-18-7-10-22(20(27)13-18)31-23(17-5-8-19(28)9-6-17)14-21(30-31)24(32)29-25-11-1-3-16(15-25)4-2-12-25/h1,3,5-10,13,16,23H,2,4,11-12,14-15H2,(H,29,32). The lowest BCUT2D eigenvalue weighted by Gasteiger charge is -2.43. The number of nitrogens with zero attached hydrogens (tertiary/aromatic N) is 2. The molecule has 1 amide bonds. The van der Waals surface area contributed by atoms with Gasteiger partial charge < -0.3 is 5.32 Å². The second kappa shape index (κ2) is 8.53. The van der Waals surface area contributed by atoms with Gasteiger partial charge in [0.2, 0.25) is 0 Å². The molecule has 166 valence electrons. The smallest absolute Gasteiger partial charge is 0.268 e. The highest BCUT2D eigenvalue weighted by molar-refractivity contribution is 6.40. The third-order valence-electron chi connectivity index (χ3n) is 6.76. The topological polar surface area (TPSA) is 44.7 Å². The molecule has 4 nitrogen and oxygen atoms in total. The average molecular weight is 472 g/mol. The minimum Gasteiger partial charge on any atom is -0.345 e. The number of anilines is 1. The summed E-state index contributed by atoms with van der Waals surface area (Å²) in [4.78, 5) is 13.3. The van der Waals surface area contributed by atoms with Gasteiger partial charge in [-0.25, -0.2) is 4.39 Å². The second-order valence-corrected chi connectivity index (χ2v) is 9.83. The van der Waals surface area contributed by atoms with Crippen LogP contribution in [0.3, 0.4) is 0 Å². The first-order valence-electron chi connectivity index (χ1n) is 11.0. The van der Waals surface area contributed by atoms with Crippen LogP contribution in [0.4, 0.5) is 10.1 Å². The van der Waals surface area contributed by atoms with Gasteiger partial charge in [0.25, 0.3) is 5.91 Å². The van der Waals surface area contributed by atoms with E-state index in [0.717, 1.165) is 31.2 Å². The van der Waals surface area contributed by atoms with Gasteiger partial charge >= 0.3 is 0 Å². The molecule has 2 bridgehead atoms. The van der Waals surface area contributed by atoms with E-state index in [9.17, 15) is 9.18 Å². The van der Waals surface area contributed by atoms with Gasteiger partial charge in [-0.05, 0) is 67.5 Å². The van der Waals surface area contributed by atoms with E-state index in [1.807, 2.05) is 0 Å². The maximum Gasteiger partial charge on any atom is 0.268 e. The monoisotopic (exact) mass is 471 g/mol. The number of carbonyl (C=O) groups is 1. The summed E-state index contributed by atoms with van der Waals surface area (Å²) >= 11 is 12.6. The molecule has 2 aromatic rings. The Hall–Kier alpha value is -2.37. The van der Waals surface area contributed by atoms with Crippen LogP contribution in [-0.4, -0.2) is 17.2 Å². The number of benzene rings is 2. The number of nitrogens with one attached hydrogen (secondary N) is 1. The molecule has 7 heteroatoms. The van der Waals surface area contributed by atoms with Crippen molar-refractivity contribution < 1.29 is 9.18 Å². The van der Waals surface area contributed by atoms with Crippen molar-refractivity contribution in [1.82, 2.24) is 5.32 Å². The Morgan fingerprint density at radius 3 is 2.78 bits per heavy atom.